The third-order valence-electron chi connectivity index (χ3n) is 4.11. The summed E-state index contributed by atoms with van der Waals surface area (Å²) in [5, 5.41) is 0. The molecule has 0 unspecified atom stereocenters. The van der Waals surface area contributed by atoms with E-state index in [-0.39, 0.29) is 24.2 Å². The van der Waals surface area contributed by atoms with Crippen molar-refractivity contribution in [3.8, 4) is 0 Å². The molecule has 1 aliphatic heterocycles. The van der Waals surface area contributed by atoms with E-state index in [0.717, 1.165) is 0 Å². The number of carbonyl (C=O) groups is 2. The minimum atomic E-state index is -0.514. The first-order chi connectivity index (χ1) is 12.2. The Morgan fingerprint density at radius 2 is 1.30 bits per heavy atom. The monoisotopic (exact) mass is 386 g/mol. The molecule has 0 spiro atoms. The molecule has 2 amide bonds. The Labute approximate surface area is 164 Å². The maximum atomic E-state index is 12.4. The van der Waals surface area contributed by atoms with Crippen LogP contribution in [0.5, 0.6) is 0 Å². The van der Waals surface area contributed by atoms with E-state index in [1.807, 2.05) is 55.4 Å². The maximum absolute atomic E-state index is 12.4. The second-order valence-electron chi connectivity index (χ2n) is 9.61. The molecule has 7 nitrogen and oxygen atoms in total. The molecule has 0 bridgehead atoms. The number of ether oxygens (including phenoxy) is 3. The Balaban J connectivity index is 2.35. The zero-order valence-corrected chi connectivity index (χ0v) is 18.4. The normalized spacial score (nSPS) is 16.4. The lowest BCUT2D eigenvalue weighted by Gasteiger charge is -2.36. The summed E-state index contributed by atoms with van der Waals surface area (Å²) in [7, 11) is 0. The molecule has 0 aliphatic carbocycles. The van der Waals surface area contributed by atoms with Gasteiger partial charge in [-0.15, -0.1) is 0 Å². The molecule has 0 radical (unpaired) electrons. The van der Waals surface area contributed by atoms with E-state index in [9.17, 15) is 9.59 Å². The van der Waals surface area contributed by atoms with E-state index in [0.29, 0.717) is 39.2 Å². The molecule has 1 fully saturated rings. The zero-order chi connectivity index (χ0) is 20.9. The van der Waals surface area contributed by atoms with Gasteiger partial charge < -0.3 is 24.0 Å². The van der Waals surface area contributed by atoms with Crippen LogP contribution in [0.2, 0.25) is 0 Å². The fraction of sp³-hybridized carbons (Fsp3) is 0.900. The highest BCUT2D eigenvalue weighted by Crippen LogP contribution is 2.18. The molecule has 7 heteroatoms. The molecule has 0 atom stereocenters. The number of hydrogen-bond donors (Lipinski definition) is 0. The van der Waals surface area contributed by atoms with Crippen molar-refractivity contribution in [3.63, 3.8) is 0 Å². The van der Waals surface area contributed by atoms with Crippen LogP contribution in [0.3, 0.4) is 0 Å². The Hall–Kier alpha value is -1.34. The SMILES string of the molecule is CC(C)(C)OCCC(C)(C)OCC(=O)N1CCN(C(=O)OC(C)(C)C)CC1. The van der Waals surface area contributed by atoms with Gasteiger partial charge in [-0.2, -0.15) is 0 Å². The highest BCUT2D eigenvalue weighted by Gasteiger charge is 2.29. The molecular weight excluding hydrogens is 348 g/mol. The van der Waals surface area contributed by atoms with E-state index in [1.54, 1.807) is 9.80 Å². The number of rotatable bonds is 6. The highest BCUT2D eigenvalue weighted by molar-refractivity contribution is 5.78. The Kier molecular flexibility index (Phi) is 8.11. The van der Waals surface area contributed by atoms with E-state index in [2.05, 4.69) is 0 Å². The topological polar surface area (TPSA) is 68.3 Å². The van der Waals surface area contributed by atoms with Gasteiger partial charge in [0.1, 0.15) is 12.2 Å². The summed E-state index contributed by atoms with van der Waals surface area (Å²) >= 11 is 0. The van der Waals surface area contributed by atoms with Gasteiger partial charge in [-0.3, -0.25) is 4.79 Å². The summed E-state index contributed by atoms with van der Waals surface area (Å²) in [6.45, 7) is 18.1. The molecule has 0 saturated carbocycles. The predicted molar refractivity (Wildman–Crippen MR) is 105 cm³/mol. The van der Waals surface area contributed by atoms with Crippen molar-refractivity contribution < 1.29 is 23.8 Å². The quantitative estimate of drug-likeness (QED) is 0.702. The van der Waals surface area contributed by atoms with Crippen LogP contribution in [0.25, 0.3) is 0 Å². The molecule has 1 saturated heterocycles. The van der Waals surface area contributed by atoms with Crippen LogP contribution in [0, 0.1) is 0 Å². The second kappa shape index (κ2) is 9.24. The van der Waals surface area contributed by atoms with Gasteiger partial charge in [0, 0.05) is 32.8 Å². The molecule has 0 aromatic carbocycles. The van der Waals surface area contributed by atoms with Crippen LogP contribution in [-0.2, 0) is 19.0 Å². The minimum Gasteiger partial charge on any atom is -0.444 e. The largest absolute Gasteiger partial charge is 0.444 e. The van der Waals surface area contributed by atoms with Crippen molar-refractivity contribution >= 4 is 12.0 Å². The van der Waals surface area contributed by atoms with E-state index in [1.165, 1.54) is 0 Å². The van der Waals surface area contributed by atoms with Crippen LogP contribution in [0.4, 0.5) is 4.79 Å². The van der Waals surface area contributed by atoms with Crippen LogP contribution < -0.4 is 0 Å². The van der Waals surface area contributed by atoms with Crippen molar-refractivity contribution in [3.05, 3.63) is 0 Å². The Morgan fingerprint density at radius 3 is 1.78 bits per heavy atom. The molecular formula is C20H38N2O5. The summed E-state index contributed by atoms with van der Waals surface area (Å²) < 4.78 is 16.9. The lowest BCUT2D eigenvalue weighted by atomic mass is 10.1. The number of hydrogen-bond acceptors (Lipinski definition) is 5. The third kappa shape index (κ3) is 9.96. The predicted octanol–water partition coefficient (Wildman–Crippen LogP) is 3.07. The molecule has 1 rings (SSSR count). The number of piperazine rings is 1. The van der Waals surface area contributed by atoms with E-state index in [4.69, 9.17) is 14.2 Å². The summed E-state index contributed by atoms with van der Waals surface area (Å²) in [5.74, 6) is -0.0522. The first-order valence-electron chi connectivity index (χ1n) is 9.72. The second-order valence-corrected chi connectivity index (χ2v) is 9.61. The van der Waals surface area contributed by atoms with Crippen LogP contribution in [-0.4, -0.2) is 78.0 Å². The van der Waals surface area contributed by atoms with Crippen molar-refractivity contribution in [1.82, 2.24) is 9.80 Å². The van der Waals surface area contributed by atoms with Crippen LogP contribution in [0.15, 0.2) is 0 Å². The average molecular weight is 387 g/mol. The first-order valence-corrected chi connectivity index (χ1v) is 9.72. The molecule has 27 heavy (non-hydrogen) atoms. The summed E-state index contributed by atoms with van der Waals surface area (Å²) in [4.78, 5) is 27.9. The van der Waals surface area contributed by atoms with Gasteiger partial charge >= 0.3 is 6.09 Å². The number of amides is 2. The van der Waals surface area contributed by atoms with Crippen LogP contribution >= 0.6 is 0 Å². The summed E-state index contributed by atoms with van der Waals surface area (Å²) in [6.07, 6.45) is 0.384. The Morgan fingerprint density at radius 1 is 0.778 bits per heavy atom. The summed E-state index contributed by atoms with van der Waals surface area (Å²) in [5.41, 5.74) is -1.13. The van der Waals surface area contributed by atoms with Gasteiger partial charge in [-0.05, 0) is 61.8 Å². The smallest absolute Gasteiger partial charge is 0.410 e. The van der Waals surface area contributed by atoms with Crippen molar-refractivity contribution in [2.45, 2.75) is 78.6 Å². The number of carbonyl (C=O) groups excluding carboxylic acids is 2. The van der Waals surface area contributed by atoms with Crippen LogP contribution in [0.1, 0.15) is 61.8 Å². The molecule has 1 aliphatic rings. The minimum absolute atomic E-state index is 0.0367. The Bertz CT molecular complexity index is 497. The number of nitrogens with zero attached hydrogens (tertiary/aromatic N) is 2. The van der Waals surface area contributed by atoms with Crippen molar-refractivity contribution in [1.29, 1.82) is 0 Å². The van der Waals surface area contributed by atoms with Gasteiger partial charge in [0.15, 0.2) is 0 Å². The molecule has 0 aromatic heterocycles. The maximum Gasteiger partial charge on any atom is 0.410 e. The van der Waals surface area contributed by atoms with Crippen molar-refractivity contribution in [2.75, 3.05) is 39.4 Å². The average Bonchev–Trinajstić information content (AvgIpc) is 2.49. The lowest BCUT2D eigenvalue weighted by Crippen LogP contribution is -2.52. The van der Waals surface area contributed by atoms with E-state index >= 15 is 0 Å². The standard InChI is InChI=1S/C20H38N2O5/c1-18(2,3)25-14-9-20(7,8)26-15-16(23)21-10-12-22(13-11-21)17(24)27-19(4,5)6/h9-15H2,1-8H3. The van der Waals surface area contributed by atoms with Gasteiger partial charge in [0.2, 0.25) is 5.91 Å². The van der Waals surface area contributed by atoms with E-state index < -0.39 is 11.2 Å². The summed E-state index contributed by atoms with van der Waals surface area (Å²) in [6, 6.07) is 0. The molecule has 0 aromatic rings. The van der Waals surface area contributed by atoms with Crippen molar-refractivity contribution in [2.24, 2.45) is 0 Å². The zero-order valence-electron chi connectivity index (χ0n) is 18.4. The molecule has 1 heterocycles. The highest BCUT2D eigenvalue weighted by atomic mass is 16.6. The van der Waals surface area contributed by atoms with Gasteiger partial charge in [-0.1, -0.05) is 0 Å². The van der Waals surface area contributed by atoms with Gasteiger partial charge in [0.25, 0.3) is 0 Å². The third-order valence-corrected chi connectivity index (χ3v) is 4.11. The fourth-order valence-electron chi connectivity index (χ4n) is 2.49. The van der Waals surface area contributed by atoms with Gasteiger partial charge in [0.05, 0.1) is 11.2 Å². The first kappa shape index (κ1) is 23.7. The molecule has 0 N–H and O–H groups in total. The lowest BCUT2D eigenvalue weighted by molar-refractivity contribution is -0.145. The molecule has 158 valence electrons. The van der Waals surface area contributed by atoms with Gasteiger partial charge in [-0.25, -0.2) is 4.79 Å². The fourth-order valence-corrected chi connectivity index (χ4v) is 2.49.